The van der Waals surface area contributed by atoms with Crippen LogP contribution in [0.25, 0.3) is 0 Å². The normalized spacial score (nSPS) is 25.0. The summed E-state index contributed by atoms with van der Waals surface area (Å²) in [6.07, 6.45) is -2.97. The lowest BCUT2D eigenvalue weighted by atomic mass is 10.0. The van der Waals surface area contributed by atoms with Crippen LogP contribution >= 0.6 is 0 Å². The second-order valence-corrected chi connectivity index (χ2v) is 6.24. The van der Waals surface area contributed by atoms with Crippen LogP contribution in [-0.4, -0.2) is 14.2 Å². The van der Waals surface area contributed by atoms with Crippen LogP contribution in [0.4, 0.5) is 0 Å². The van der Waals surface area contributed by atoms with E-state index < -0.39 is 69.1 Å². The van der Waals surface area contributed by atoms with Crippen molar-refractivity contribution in [1.29, 1.82) is 0 Å². The van der Waals surface area contributed by atoms with Crippen LogP contribution in [0.15, 0.2) is 66.1 Å². The Morgan fingerprint density at radius 2 is 1.92 bits per heavy atom. The minimum absolute atomic E-state index is 0.0335. The lowest BCUT2D eigenvalue weighted by Gasteiger charge is -2.10. The van der Waals surface area contributed by atoms with E-state index in [4.69, 9.17) is 20.1 Å². The van der Waals surface area contributed by atoms with Crippen molar-refractivity contribution in [1.82, 2.24) is 0 Å². The maximum atomic E-state index is 12.9. The summed E-state index contributed by atoms with van der Waals surface area (Å²) in [6.45, 7) is 1.32. The predicted octanol–water partition coefficient (Wildman–Crippen LogP) is 2.31. The smallest absolute Gasteiger partial charge is 0.313 e. The van der Waals surface area contributed by atoms with E-state index >= 15 is 0 Å². The molecule has 7 heteroatoms. The molecule has 0 radical (unpaired) electrons. The number of hydrogen-bond donors (Lipinski definition) is 1. The number of hydrogen-bond acceptors (Lipinski definition) is 6. The van der Waals surface area contributed by atoms with Gasteiger partial charge in [-0.1, -0.05) is 60.1 Å². The number of ketones is 1. The molecule has 130 valence electrons. The summed E-state index contributed by atoms with van der Waals surface area (Å²) in [7, 11) is -5.19. The number of carbonyl (C=O) groups is 1. The summed E-state index contributed by atoms with van der Waals surface area (Å²) in [5.74, 6) is -3.70. The molecule has 0 saturated heterocycles. The molecule has 6 nitrogen and oxygen atoms in total. The van der Waals surface area contributed by atoms with E-state index in [2.05, 4.69) is 4.18 Å². The highest BCUT2D eigenvalue weighted by atomic mass is 32.2. The molecule has 25 heavy (non-hydrogen) atoms. The molecule has 0 aliphatic carbocycles. The fourth-order valence-electron chi connectivity index (χ4n) is 1.93. The van der Waals surface area contributed by atoms with Gasteiger partial charge in [0.05, 0.1) is 9.60 Å². The Bertz CT molecular complexity index is 1240. The Morgan fingerprint density at radius 1 is 1.28 bits per heavy atom. The molecule has 1 aliphatic rings. The maximum Gasteiger partial charge on any atom is 0.313 e. The van der Waals surface area contributed by atoms with Crippen LogP contribution in [-0.2, 0) is 29.5 Å². The number of ether oxygens (including phenoxy) is 1. The maximum absolute atomic E-state index is 12.9. The average Bonchev–Trinajstić information content (AvgIpc) is 2.94. The zero-order chi connectivity index (χ0) is 24.2. The molecule has 1 heterocycles. The highest BCUT2D eigenvalue weighted by molar-refractivity contribution is 7.86. The lowest BCUT2D eigenvalue weighted by molar-refractivity contribution is -0.123. The first kappa shape index (κ1) is 10.2. The van der Waals surface area contributed by atoms with E-state index in [-0.39, 0.29) is 11.1 Å². The monoisotopic (exact) mass is 366 g/mol. The van der Waals surface area contributed by atoms with Crippen LogP contribution in [0.2, 0.25) is 0 Å². The van der Waals surface area contributed by atoms with Gasteiger partial charge in [0.15, 0.2) is 6.08 Å². The summed E-state index contributed by atoms with van der Waals surface area (Å²) in [5, 5.41) is 0. The van der Waals surface area contributed by atoms with E-state index in [1.54, 1.807) is 0 Å². The highest BCUT2D eigenvalue weighted by Crippen LogP contribution is 2.32. The van der Waals surface area contributed by atoms with Gasteiger partial charge in [0, 0.05) is 5.56 Å². The minimum atomic E-state index is -5.19. The highest BCUT2D eigenvalue weighted by Gasteiger charge is 2.39. The van der Waals surface area contributed by atoms with Gasteiger partial charge in [0.25, 0.3) is 0 Å². The first-order chi connectivity index (χ1) is 14.7. The number of benzene rings is 2. The Labute approximate surface area is 155 Å². The molecule has 2 N–H and O–H groups in total. The van der Waals surface area contributed by atoms with Crippen LogP contribution in [0.1, 0.15) is 32.4 Å². The SMILES string of the molecule is [2H]c1c([2H])c([C@@]2([2H])OC(N)=C(OS(=O)(=O)C([2H])([2H])c3ccccc3)C2=O)c([2H])c([2H])c1C. The van der Waals surface area contributed by atoms with E-state index in [0.717, 1.165) is 0 Å². The Balaban J connectivity index is 2.05. The van der Waals surface area contributed by atoms with Crippen molar-refractivity contribution >= 4 is 15.9 Å². The number of rotatable bonds is 5. The van der Waals surface area contributed by atoms with Crippen molar-refractivity contribution in [3.8, 4) is 0 Å². The first-order valence-electron chi connectivity index (χ1n) is 10.5. The van der Waals surface area contributed by atoms with Crippen molar-refractivity contribution in [3.63, 3.8) is 0 Å². The molecule has 0 amide bonds. The summed E-state index contributed by atoms with van der Waals surface area (Å²) in [6, 6.07) is 4.18. The van der Waals surface area contributed by atoms with Gasteiger partial charge in [-0.15, -0.1) is 0 Å². The van der Waals surface area contributed by atoms with Crippen LogP contribution in [0.3, 0.4) is 0 Å². The van der Waals surface area contributed by atoms with Crippen LogP contribution in [0.5, 0.6) is 0 Å². The van der Waals surface area contributed by atoms with Gasteiger partial charge in [0.1, 0.15) is 5.70 Å². The summed E-state index contributed by atoms with van der Waals surface area (Å²) >= 11 is 0. The largest absolute Gasteiger partial charge is 0.460 e. The molecule has 2 aromatic carbocycles. The Morgan fingerprint density at radius 3 is 2.56 bits per heavy atom. The number of nitrogens with two attached hydrogens (primary N) is 1. The van der Waals surface area contributed by atoms with E-state index in [0.29, 0.717) is 0 Å². The number of Topliss-reactive ketones (excluding diaryl/α,β-unsaturated/α-hetero) is 1. The van der Waals surface area contributed by atoms with Crippen molar-refractivity contribution in [2.45, 2.75) is 18.7 Å². The quantitative estimate of drug-likeness (QED) is 0.816. The molecular formula is C18H17NO5S. The second-order valence-electron chi connectivity index (χ2n) is 4.96. The zero-order valence-electron chi connectivity index (χ0n) is 19.9. The summed E-state index contributed by atoms with van der Waals surface area (Å²) in [5.41, 5.74) is 1.35. The standard InChI is InChI=1S/C18H17NO5S/c1-12-7-9-14(10-8-12)16-15(20)17(18(19)23-16)24-25(21,22)11-13-5-3-2-4-6-13/h2-10,16H,11,19H2,1H3/t16-/m1/s1/i7D,8D,9D,10D,11D2,16D. The molecule has 1 aliphatic heterocycles. The molecule has 0 fully saturated rings. The van der Waals surface area contributed by atoms with E-state index in [1.165, 1.54) is 37.3 Å². The van der Waals surface area contributed by atoms with Gasteiger partial charge in [-0.2, -0.15) is 8.42 Å². The molecule has 0 bridgehead atoms. The first-order valence-corrected chi connectivity index (χ1v) is 8.38. The summed E-state index contributed by atoms with van der Waals surface area (Å²) in [4.78, 5) is 12.9. The van der Waals surface area contributed by atoms with Gasteiger partial charge in [-0.05, 0) is 12.5 Å². The van der Waals surface area contributed by atoms with Crippen molar-refractivity contribution in [2.75, 3.05) is 0 Å². The third kappa shape index (κ3) is 3.83. The second kappa shape index (κ2) is 6.60. The molecule has 0 saturated carbocycles. The third-order valence-corrected chi connectivity index (χ3v) is 3.91. The van der Waals surface area contributed by atoms with Crippen LogP contribution < -0.4 is 5.73 Å². The fraction of sp³-hybridized carbons (Fsp3) is 0.167. The molecule has 0 aromatic heterocycles. The summed E-state index contributed by atoms with van der Waals surface area (Å²) < 4.78 is 91.2. The molecule has 2 aromatic rings. The minimum Gasteiger partial charge on any atom is -0.460 e. The van der Waals surface area contributed by atoms with Gasteiger partial charge in [0.2, 0.25) is 17.4 Å². The Kier molecular flexibility index (Phi) is 2.71. The van der Waals surface area contributed by atoms with Gasteiger partial charge in [-0.25, -0.2) is 0 Å². The molecule has 3 rings (SSSR count). The van der Waals surface area contributed by atoms with E-state index in [9.17, 15) is 13.2 Å². The van der Waals surface area contributed by atoms with Crippen molar-refractivity contribution in [3.05, 3.63) is 82.8 Å². The molecule has 0 unspecified atom stereocenters. The van der Waals surface area contributed by atoms with E-state index in [1.807, 2.05) is 0 Å². The van der Waals surface area contributed by atoms with Crippen molar-refractivity contribution in [2.24, 2.45) is 5.73 Å². The van der Waals surface area contributed by atoms with Crippen LogP contribution in [0, 0.1) is 6.92 Å². The zero-order valence-corrected chi connectivity index (χ0v) is 13.7. The van der Waals surface area contributed by atoms with Gasteiger partial charge >= 0.3 is 10.1 Å². The topological polar surface area (TPSA) is 95.7 Å². The third-order valence-electron chi connectivity index (χ3n) is 3.04. The predicted molar refractivity (Wildman–Crippen MR) is 91.4 cm³/mol. The van der Waals surface area contributed by atoms with Gasteiger partial charge in [-0.3, -0.25) is 4.79 Å². The number of carbonyl (C=O) groups excluding carboxylic acids is 1. The fourth-order valence-corrected chi connectivity index (χ4v) is 2.77. The molecule has 0 spiro atoms. The van der Waals surface area contributed by atoms with Gasteiger partial charge < -0.3 is 14.7 Å². The average molecular weight is 366 g/mol. The van der Waals surface area contributed by atoms with Crippen molar-refractivity contribution < 1.29 is 31.7 Å². The lowest BCUT2D eigenvalue weighted by Crippen LogP contribution is -2.16. The molecule has 1 atom stereocenters. The Hall–Kier alpha value is -2.80. The molecular weight excluding hydrogens is 342 g/mol.